The zero-order valence-electron chi connectivity index (χ0n) is 10.1. The molecule has 1 fully saturated rings. The second-order valence-electron chi connectivity index (χ2n) is 4.72. The van der Waals surface area contributed by atoms with Gasteiger partial charge in [-0.15, -0.1) is 0 Å². The van der Waals surface area contributed by atoms with E-state index in [2.05, 4.69) is 4.98 Å². The van der Waals surface area contributed by atoms with Crippen LogP contribution < -0.4 is 11.5 Å². The number of nitrogens with two attached hydrogens (primary N) is 2. The molecule has 17 heavy (non-hydrogen) atoms. The summed E-state index contributed by atoms with van der Waals surface area (Å²) in [6.07, 6.45) is 6.15. The van der Waals surface area contributed by atoms with E-state index in [1.807, 2.05) is 12.1 Å². The summed E-state index contributed by atoms with van der Waals surface area (Å²) < 4.78 is 5.35. The Morgan fingerprint density at radius 1 is 1.41 bits per heavy atom. The van der Waals surface area contributed by atoms with Gasteiger partial charge in [-0.1, -0.05) is 6.07 Å². The fraction of sp³-hybridized carbons (Fsp3) is 0.615. The van der Waals surface area contributed by atoms with Gasteiger partial charge in [0.05, 0.1) is 0 Å². The Hall–Kier alpha value is -1.13. The summed E-state index contributed by atoms with van der Waals surface area (Å²) in [5, 5.41) is 0. The van der Waals surface area contributed by atoms with E-state index in [4.69, 9.17) is 16.2 Å². The first-order valence-corrected chi connectivity index (χ1v) is 6.31. The fourth-order valence-corrected chi connectivity index (χ4v) is 2.35. The third-order valence-corrected chi connectivity index (χ3v) is 3.50. The summed E-state index contributed by atoms with van der Waals surface area (Å²) in [7, 11) is 0. The van der Waals surface area contributed by atoms with Crippen LogP contribution in [0.2, 0.25) is 0 Å². The van der Waals surface area contributed by atoms with Crippen molar-refractivity contribution in [3.05, 3.63) is 23.9 Å². The highest BCUT2D eigenvalue weighted by atomic mass is 16.5. The Morgan fingerprint density at radius 2 is 2.18 bits per heavy atom. The predicted molar refractivity (Wildman–Crippen MR) is 68.4 cm³/mol. The van der Waals surface area contributed by atoms with Crippen LogP contribution in [0.3, 0.4) is 0 Å². The lowest BCUT2D eigenvalue weighted by Gasteiger charge is -2.23. The Bertz CT molecular complexity index is 350. The average Bonchev–Trinajstić information content (AvgIpc) is 2.38. The second-order valence-corrected chi connectivity index (χ2v) is 4.72. The minimum absolute atomic E-state index is 0.00606. The summed E-state index contributed by atoms with van der Waals surface area (Å²) in [6.45, 7) is 1.80. The number of hydrogen-bond acceptors (Lipinski definition) is 4. The third kappa shape index (κ3) is 3.41. The average molecular weight is 235 g/mol. The number of hydrogen-bond donors (Lipinski definition) is 2. The largest absolute Gasteiger partial charge is 0.383 e. The summed E-state index contributed by atoms with van der Waals surface area (Å²) in [5.74, 6) is 1.32. The van der Waals surface area contributed by atoms with E-state index < -0.39 is 0 Å². The van der Waals surface area contributed by atoms with Gasteiger partial charge in [-0.05, 0) is 37.7 Å². The Labute approximate surface area is 102 Å². The first-order valence-electron chi connectivity index (χ1n) is 6.31. The van der Waals surface area contributed by atoms with E-state index in [9.17, 15) is 0 Å². The Kier molecular flexibility index (Phi) is 4.34. The van der Waals surface area contributed by atoms with Gasteiger partial charge < -0.3 is 16.2 Å². The van der Waals surface area contributed by atoms with E-state index in [1.54, 1.807) is 6.20 Å². The van der Waals surface area contributed by atoms with Gasteiger partial charge in [-0.3, -0.25) is 0 Å². The number of nitrogen functional groups attached to an aromatic ring is 1. The van der Waals surface area contributed by atoms with Gasteiger partial charge in [0, 0.05) is 31.0 Å². The molecule has 1 saturated heterocycles. The molecule has 0 radical (unpaired) electrons. The smallest absolute Gasteiger partial charge is 0.128 e. The van der Waals surface area contributed by atoms with Gasteiger partial charge >= 0.3 is 0 Å². The highest BCUT2D eigenvalue weighted by Crippen LogP contribution is 2.26. The van der Waals surface area contributed by atoms with Crippen molar-refractivity contribution in [3.8, 4) is 0 Å². The number of aromatic nitrogens is 1. The van der Waals surface area contributed by atoms with Crippen LogP contribution in [-0.2, 0) is 4.74 Å². The van der Waals surface area contributed by atoms with Gasteiger partial charge in [-0.2, -0.15) is 0 Å². The van der Waals surface area contributed by atoms with Crippen LogP contribution in [0.5, 0.6) is 0 Å². The molecule has 0 bridgehead atoms. The number of pyridine rings is 1. The van der Waals surface area contributed by atoms with Crippen molar-refractivity contribution in [3.63, 3.8) is 0 Å². The molecule has 1 aliphatic heterocycles. The quantitative estimate of drug-likeness (QED) is 0.835. The molecular formula is C13H21N3O. The van der Waals surface area contributed by atoms with Crippen molar-refractivity contribution in [2.75, 3.05) is 18.9 Å². The van der Waals surface area contributed by atoms with Crippen molar-refractivity contribution in [2.24, 2.45) is 11.7 Å². The van der Waals surface area contributed by atoms with Crippen LogP contribution in [0, 0.1) is 5.92 Å². The Balaban J connectivity index is 1.84. The van der Waals surface area contributed by atoms with Gasteiger partial charge in [0.15, 0.2) is 0 Å². The van der Waals surface area contributed by atoms with E-state index in [-0.39, 0.29) is 6.04 Å². The maximum atomic E-state index is 6.16. The molecule has 1 aliphatic rings. The zero-order valence-corrected chi connectivity index (χ0v) is 10.1. The van der Waals surface area contributed by atoms with Gasteiger partial charge in [0.25, 0.3) is 0 Å². The molecule has 0 spiro atoms. The van der Waals surface area contributed by atoms with Crippen LogP contribution in [0.15, 0.2) is 18.3 Å². The standard InChI is InChI=1S/C13H21N3O/c14-12(11-2-1-7-16-13(11)15)4-3-10-5-8-17-9-6-10/h1-2,7,10,12H,3-6,8-9,14H2,(H2,15,16)/t12-/m1/s1. The predicted octanol–water partition coefficient (Wildman–Crippen LogP) is 1.87. The van der Waals surface area contributed by atoms with Crippen molar-refractivity contribution < 1.29 is 4.74 Å². The molecule has 0 unspecified atom stereocenters. The van der Waals surface area contributed by atoms with E-state index in [1.165, 1.54) is 0 Å². The number of anilines is 1. The normalized spacial score (nSPS) is 19.1. The first-order chi connectivity index (χ1) is 8.27. The molecule has 94 valence electrons. The summed E-state index contributed by atoms with van der Waals surface area (Å²) >= 11 is 0. The van der Waals surface area contributed by atoms with Gasteiger partial charge in [0.2, 0.25) is 0 Å². The lowest BCUT2D eigenvalue weighted by atomic mass is 9.91. The molecule has 0 aromatic carbocycles. The van der Waals surface area contributed by atoms with Crippen molar-refractivity contribution in [1.82, 2.24) is 4.98 Å². The second kappa shape index (κ2) is 5.98. The molecule has 1 atom stereocenters. The minimum Gasteiger partial charge on any atom is -0.383 e. The van der Waals surface area contributed by atoms with Gasteiger partial charge in [0.1, 0.15) is 5.82 Å². The van der Waals surface area contributed by atoms with E-state index >= 15 is 0 Å². The summed E-state index contributed by atoms with van der Waals surface area (Å²) in [6, 6.07) is 3.86. The van der Waals surface area contributed by atoms with Crippen LogP contribution >= 0.6 is 0 Å². The number of rotatable bonds is 4. The molecule has 0 saturated carbocycles. The minimum atomic E-state index is 0.00606. The molecule has 4 nitrogen and oxygen atoms in total. The van der Waals surface area contributed by atoms with Crippen LogP contribution in [-0.4, -0.2) is 18.2 Å². The third-order valence-electron chi connectivity index (χ3n) is 3.50. The lowest BCUT2D eigenvalue weighted by Crippen LogP contribution is -2.19. The molecular weight excluding hydrogens is 214 g/mol. The van der Waals surface area contributed by atoms with Crippen molar-refractivity contribution in [1.29, 1.82) is 0 Å². The van der Waals surface area contributed by atoms with E-state index in [0.717, 1.165) is 50.4 Å². The summed E-state index contributed by atoms with van der Waals surface area (Å²) in [4.78, 5) is 4.07. The zero-order chi connectivity index (χ0) is 12.1. The van der Waals surface area contributed by atoms with Crippen molar-refractivity contribution >= 4 is 5.82 Å². The molecule has 1 aromatic rings. The van der Waals surface area contributed by atoms with Crippen LogP contribution in [0.4, 0.5) is 5.82 Å². The maximum Gasteiger partial charge on any atom is 0.128 e. The fourth-order valence-electron chi connectivity index (χ4n) is 2.35. The van der Waals surface area contributed by atoms with Crippen LogP contribution in [0.1, 0.15) is 37.3 Å². The molecule has 4 N–H and O–H groups in total. The topological polar surface area (TPSA) is 74.2 Å². The SMILES string of the molecule is Nc1ncccc1[C@H](N)CCC1CCOCC1. The first kappa shape index (κ1) is 12.3. The highest BCUT2D eigenvalue weighted by molar-refractivity contribution is 5.40. The molecule has 0 amide bonds. The molecule has 2 rings (SSSR count). The van der Waals surface area contributed by atoms with Crippen molar-refractivity contribution in [2.45, 2.75) is 31.7 Å². The Morgan fingerprint density at radius 3 is 2.88 bits per heavy atom. The van der Waals surface area contributed by atoms with E-state index in [0.29, 0.717) is 5.82 Å². The maximum absolute atomic E-state index is 6.16. The van der Waals surface area contributed by atoms with Crippen LogP contribution in [0.25, 0.3) is 0 Å². The number of ether oxygens (including phenoxy) is 1. The summed E-state index contributed by atoms with van der Waals surface area (Å²) in [5.41, 5.74) is 13.0. The van der Waals surface area contributed by atoms with Gasteiger partial charge in [-0.25, -0.2) is 4.98 Å². The molecule has 0 aliphatic carbocycles. The highest BCUT2D eigenvalue weighted by Gasteiger charge is 2.16. The monoisotopic (exact) mass is 235 g/mol. The molecule has 1 aromatic heterocycles. The molecule has 4 heteroatoms. The lowest BCUT2D eigenvalue weighted by molar-refractivity contribution is 0.0627. The molecule has 2 heterocycles. The number of nitrogens with zero attached hydrogens (tertiary/aromatic N) is 1.